The molecule has 0 atom stereocenters. The molecule has 0 radical (unpaired) electrons. The van der Waals surface area contributed by atoms with E-state index in [-0.39, 0.29) is 5.91 Å². The second kappa shape index (κ2) is 12.1. The molecule has 4 aromatic rings. The van der Waals surface area contributed by atoms with Crippen LogP contribution in [0.25, 0.3) is 22.3 Å². The fraction of sp³-hybridized carbons (Fsp3) is 0.379. The van der Waals surface area contributed by atoms with Crippen molar-refractivity contribution < 1.29 is 9.53 Å². The van der Waals surface area contributed by atoms with Gasteiger partial charge in [-0.25, -0.2) is 15.0 Å². The highest BCUT2D eigenvalue weighted by Crippen LogP contribution is 2.28. The summed E-state index contributed by atoms with van der Waals surface area (Å²) in [5.41, 5.74) is 6.53. The van der Waals surface area contributed by atoms with E-state index in [2.05, 4.69) is 27.1 Å². The van der Waals surface area contributed by atoms with Crippen LogP contribution in [-0.4, -0.2) is 64.6 Å². The van der Waals surface area contributed by atoms with Gasteiger partial charge in [-0.2, -0.15) is 0 Å². The van der Waals surface area contributed by atoms with Crippen LogP contribution in [0.1, 0.15) is 40.1 Å². The Kier molecular flexibility index (Phi) is 8.70. The Bertz CT molecular complexity index is 1430. The van der Waals surface area contributed by atoms with E-state index in [0.29, 0.717) is 24.4 Å². The fourth-order valence-electron chi connectivity index (χ4n) is 4.53. The number of fused-ring (bicyclic) bond motifs is 1. The number of carbonyl (C=O) groups excluding carboxylic acids is 1. The van der Waals surface area contributed by atoms with Crippen molar-refractivity contribution in [3.8, 4) is 11.4 Å². The number of hydrogen-bond donors (Lipinski definition) is 2. The van der Waals surface area contributed by atoms with E-state index >= 15 is 0 Å². The van der Waals surface area contributed by atoms with Crippen LogP contribution in [0.5, 0.6) is 0 Å². The topological polar surface area (TPSA) is 97.2 Å². The predicted molar refractivity (Wildman–Crippen MR) is 151 cm³/mol. The summed E-state index contributed by atoms with van der Waals surface area (Å²) < 4.78 is 7.39. The average Bonchev–Trinajstić information content (AvgIpc) is 3.27. The summed E-state index contributed by atoms with van der Waals surface area (Å²) in [5.74, 6) is 0.904. The minimum Gasteiger partial charge on any atom is -0.382 e. The summed E-state index contributed by atoms with van der Waals surface area (Å²) in [6.45, 7) is 6.61. The Labute approximate surface area is 224 Å². The molecule has 3 heterocycles. The Balaban J connectivity index is 1.73. The first-order valence-electron chi connectivity index (χ1n) is 12.9. The quantitative estimate of drug-likeness (QED) is 0.292. The molecule has 0 spiro atoms. The van der Waals surface area contributed by atoms with Gasteiger partial charge in [-0.15, -0.1) is 0 Å². The van der Waals surface area contributed by atoms with E-state index in [1.165, 1.54) is 0 Å². The van der Waals surface area contributed by atoms with Gasteiger partial charge in [0.15, 0.2) is 0 Å². The first-order valence-corrected chi connectivity index (χ1v) is 12.9. The molecule has 0 aliphatic heterocycles. The Morgan fingerprint density at radius 1 is 1.11 bits per heavy atom. The molecule has 9 heteroatoms. The number of rotatable bonds is 11. The lowest BCUT2D eigenvalue weighted by Crippen LogP contribution is -2.27. The van der Waals surface area contributed by atoms with Gasteiger partial charge in [-0.3, -0.25) is 4.79 Å². The smallest absolute Gasteiger partial charge is 0.254 e. The van der Waals surface area contributed by atoms with E-state index in [9.17, 15) is 4.79 Å². The third-order valence-electron chi connectivity index (χ3n) is 6.70. The monoisotopic (exact) mass is 515 g/mol. The summed E-state index contributed by atoms with van der Waals surface area (Å²) >= 11 is 0. The number of anilines is 1. The van der Waals surface area contributed by atoms with Gasteiger partial charge in [-0.05, 0) is 49.9 Å². The molecule has 0 aliphatic rings. The summed E-state index contributed by atoms with van der Waals surface area (Å²) in [4.78, 5) is 29.8. The third-order valence-corrected chi connectivity index (χ3v) is 6.70. The predicted octanol–water partition coefficient (Wildman–Crippen LogP) is 3.95. The molecular formula is C29H37N7O2. The van der Waals surface area contributed by atoms with Gasteiger partial charge in [0, 0.05) is 46.1 Å². The van der Waals surface area contributed by atoms with E-state index in [4.69, 9.17) is 14.7 Å². The molecule has 1 aromatic carbocycles. The maximum atomic E-state index is 13.9. The van der Waals surface area contributed by atoms with Crippen LogP contribution in [0.3, 0.4) is 0 Å². The Hall–Kier alpha value is -3.82. The van der Waals surface area contributed by atoms with Crippen LogP contribution in [0, 0.1) is 6.92 Å². The van der Waals surface area contributed by atoms with Crippen LogP contribution < -0.4 is 10.6 Å². The molecule has 0 saturated carbocycles. The SMILES string of the molecule is CCc1ncc(CN(C)C(=O)c2cc(-c3ccc(NCCNC)c(C)n3)nc3ccc(COC)cc23)n1C. The molecule has 200 valence electrons. The van der Waals surface area contributed by atoms with Crippen molar-refractivity contribution in [2.75, 3.05) is 39.6 Å². The second-order valence-corrected chi connectivity index (χ2v) is 9.44. The van der Waals surface area contributed by atoms with Crippen LogP contribution in [0.15, 0.2) is 42.6 Å². The summed E-state index contributed by atoms with van der Waals surface area (Å²) in [7, 11) is 7.39. The highest BCUT2D eigenvalue weighted by molar-refractivity contribution is 6.07. The number of nitrogens with one attached hydrogen (secondary N) is 2. The number of aromatic nitrogens is 4. The Morgan fingerprint density at radius 3 is 2.61 bits per heavy atom. The highest BCUT2D eigenvalue weighted by Gasteiger charge is 2.20. The summed E-state index contributed by atoms with van der Waals surface area (Å²) in [6.07, 6.45) is 2.68. The lowest BCUT2D eigenvalue weighted by molar-refractivity contribution is 0.0784. The average molecular weight is 516 g/mol. The zero-order valence-corrected chi connectivity index (χ0v) is 23.1. The number of hydrogen-bond acceptors (Lipinski definition) is 7. The van der Waals surface area contributed by atoms with Gasteiger partial charge in [-0.1, -0.05) is 13.0 Å². The standard InChI is InChI=1S/C29H37N7O2/c1-7-28-32-16-21(36(28)5)17-35(4)29(37)23-15-27(34-25-9-8-20(18-38-6)14-22(23)25)26-11-10-24(19(2)33-26)31-13-12-30-3/h8-11,14-16,30-31H,7,12-13,17-18H2,1-6H3. The number of aryl methyl sites for hydroxylation is 2. The molecule has 0 saturated heterocycles. The van der Waals surface area contributed by atoms with Gasteiger partial charge in [0.05, 0.1) is 58.9 Å². The van der Waals surface area contributed by atoms with Crippen LogP contribution in [0.4, 0.5) is 5.69 Å². The molecule has 1 amide bonds. The number of nitrogens with zero attached hydrogens (tertiary/aromatic N) is 5. The lowest BCUT2D eigenvalue weighted by Gasteiger charge is -2.20. The van der Waals surface area contributed by atoms with E-state index in [1.54, 1.807) is 12.0 Å². The van der Waals surface area contributed by atoms with Crippen molar-refractivity contribution in [3.63, 3.8) is 0 Å². The molecule has 4 rings (SSSR count). The van der Waals surface area contributed by atoms with Gasteiger partial charge in [0.25, 0.3) is 5.91 Å². The number of ether oxygens (including phenoxy) is 1. The van der Waals surface area contributed by atoms with E-state index in [1.807, 2.05) is 70.7 Å². The zero-order chi connectivity index (χ0) is 27.2. The largest absolute Gasteiger partial charge is 0.382 e. The first kappa shape index (κ1) is 27.2. The third kappa shape index (κ3) is 5.84. The number of carbonyl (C=O) groups is 1. The number of pyridine rings is 2. The van der Waals surface area contributed by atoms with Crippen LogP contribution in [-0.2, 0) is 31.4 Å². The molecule has 0 aliphatic carbocycles. The lowest BCUT2D eigenvalue weighted by atomic mass is 10.0. The Morgan fingerprint density at radius 2 is 1.92 bits per heavy atom. The molecule has 2 N–H and O–H groups in total. The zero-order valence-electron chi connectivity index (χ0n) is 23.1. The molecule has 0 fully saturated rings. The number of likely N-dealkylation sites (N-methyl/N-ethyl adjacent to an activating group) is 1. The van der Waals surface area contributed by atoms with Gasteiger partial charge < -0.3 is 24.8 Å². The molecule has 0 bridgehead atoms. The fourth-order valence-corrected chi connectivity index (χ4v) is 4.53. The molecular weight excluding hydrogens is 478 g/mol. The van der Waals surface area contributed by atoms with Gasteiger partial charge >= 0.3 is 0 Å². The van der Waals surface area contributed by atoms with Crippen molar-refractivity contribution in [2.24, 2.45) is 7.05 Å². The second-order valence-electron chi connectivity index (χ2n) is 9.44. The normalized spacial score (nSPS) is 11.2. The first-order chi connectivity index (χ1) is 18.4. The van der Waals surface area contributed by atoms with E-state index in [0.717, 1.165) is 64.6 Å². The van der Waals surface area contributed by atoms with Gasteiger partial charge in [0.2, 0.25) is 0 Å². The van der Waals surface area contributed by atoms with Crippen molar-refractivity contribution in [2.45, 2.75) is 33.4 Å². The maximum absolute atomic E-state index is 13.9. The van der Waals surface area contributed by atoms with Crippen molar-refractivity contribution in [1.29, 1.82) is 0 Å². The number of benzene rings is 1. The van der Waals surface area contributed by atoms with Crippen LogP contribution in [0.2, 0.25) is 0 Å². The van der Waals surface area contributed by atoms with Crippen molar-refractivity contribution in [3.05, 3.63) is 70.9 Å². The highest BCUT2D eigenvalue weighted by atomic mass is 16.5. The number of amides is 1. The molecule has 38 heavy (non-hydrogen) atoms. The van der Waals surface area contributed by atoms with E-state index < -0.39 is 0 Å². The number of imidazole rings is 1. The minimum absolute atomic E-state index is 0.0884. The van der Waals surface area contributed by atoms with Crippen molar-refractivity contribution >= 4 is 22.5 Å². The number of methoxy groups -OCH3 is 1. The minimum atomic E-state index is -0.0884. The molecule has 0 unspecified atom stereocenters. The maximum Gasteiger partial charge on any atom is 0.254 e. The summed E-state index contributed by atoms with van der Waals surface area (Å²) in [6, 6.07) is 11.7. The van der Waals surface area contributed by atoms with Crippen LogP contribution >= 0.6 is 0 Å². The van der Waals surface area contributed by atoms with Crippen molar-refractivity contribution in [1.82, 2.24) is 29.7 Å². The summed E-state index contributed by atoms with van der Waals surface area (Å²) in [5, 5.41) is 7.32. The molecule has 9 nitrogen and oxygen atoms in total. The van der Waals surface area contributed by atoms with Gasteiger partial charge in [0.1, 0.15) is 5.82 Å². The molecule has 3 aromatic heterocycles.